The molecule has 0 unspecified atom stereocenters. The number of rotatable bonds is 5. The van der Waals surface area contributed by atoms with Crippen molar-refractivity contribution in [3.05, 3.63) is 65.5 Å². The fourth-order valence-electron chi connectivity index (χ4n) is 4.48. The third-order valence-corrected chi connectivity index (χ3v) is 8.34. The first kappa shape index (κ1) is 21.9. The third kappa shape index (κ3) is 4.51. The van der Waals surface area contributed by atoms with Gasteiger partial charge < -0.3 is 10.2 Å². The molecule has 1 saturated heterocycles. The lowest BCUT2D eigenvalue weighted by atomic mass is 9.87. The highest BCUT2D eigenvalue weighted by molar-refractivity contribution is 7.89. The molecular weight excluding hydrogens is 417 g/mol. The van der Waals surface area contributed by atoms with Gasteiger partial charge in [0.05, 0.1) is 10.4 Å². The molecule has 1 aliphatic heterocycles. The largest absolute Gasteiger partial charge is 0.343 e. The zero-order valence-corrected chi connectivity index (χ0v) is 18.5. The molecule has 0 aromatic heterocycles. The minimum atomic E-state index is -3.57. The Balaban J connectivity index is 1.51. The molecule has 1 aliphatic carbocycles. The number of carbonyl (C=O) groups is 1. The molecule has 0 radical (unpaired) electrons. The van der Waals surface area contributed by atoms with E-state index in [4.69, 9.17) is 0 Å². The fraction of sp³-hybridized carbons (Fsp3) is 0.435. The number of hydrogen-bond acceptors (Lipinski definition) is 4. The van der Waals surface area contributed by atoms with E-state index < -0.39 is 15.6 Å². The van der Waals surface area contributed by atoms with Crippen molar-refractivity contribution in [1.29, 1.82) is 0 Å². The van der Waals surface area contributed by atoms with E-state index in [0.717, 1.165) is 31.2 Å². The third-order valence-electron chi connectivity index (χ3n) is 6.42. The number of likely N-dealkylation sites (N-methyl/N-ethyl adjacent to an activating group) is 1. The molecular formula is C23H28FN3O3S. The summed E-state index contributed by atoms with van der Waals surface area (Å²) in [5, 5.41) is 3.14. The average Bonchev–Trinajstić information content (AvgIpc) is 3.24. The number of benzene rings is 2. The maximum absolute atomic E-state index is 13.4. The van der Waals surface area contributed by atoms with Gasteiger partial charge in [-0.3, -0.25) is 4.79 Å². The van der Waals surface area contributed by atoms with E-state index in [-0.39, 0.29) is 16.6 Å². The second-order valence-electron chi connectivity index (χ2n) is 8.48. The SMILES string of the molecule is CN1CCN(S(=O)(=O)c2ccc(C(=O)NC3(c4ccc(F)cc4)CCCC3)cc2)CC1. The maximum Gasteiger partial charge on any atom is 0.251 e. The molecule has 0 spiro atoms. The molecule has 2 aliphatic rings. The number of nitrogens with zero attached hydrogens (tertiary/aromatic N) is 2. The number of nitrogens with one attached hydrogen (secondary N) is 1. The van der Waals surface area contributed by atoms with Crippen LogP contribution in [0.1, 0.15) is 41.6 Å². The van der Waals surface area contributed by atoms with Crippen LogP contribution in [0.3, 0.4) is 0 Å². The van der Waals surface area contributed by atoms with Crippen molar-refractivity contribution in [2.75, 3.05) is 33.2 Å². The normalized spacial score (nSPS) is 19.9. The summed E-state index contributed by atoms with van der Waals surface area (Å²) in [5.74, 6) is -0.560. The summed E-state index contributed by atoms with van der Waals surface area (Å²) in [7, 11) is -1.60. The number of sulfonamides is 1. The lowest BCUT2D eigenvalue weighted by Crippen LogP contribution is -2.47. The highest BCUT2D eigenvalue weighted by Crippen LogP contribution is 2.39. The van der Waals surface area contributed by atoms with Gasteiger partial charge in [0.1, 0.15) is 5.82 Å². The van der Waals surface area contributed by atoms with E-state index in [9.17, 15) is 17.6 Å². The topological polar surface area (TPSA) is 69.7 Å². The number of amides is 1. The Morgan fingerprint density at radius 1 is 0.935 bits per heavy atom. The van der Waals surface area contributed by atoms with E-state index in [1.807, 2.05) is 7.05 Å². The average molecular weight is 446 g/mol. The van der Waals surface area contributed by atoms with Gasteiger partial charge in [-0.25, -0.2) is 12.8 Å². The zero-order valence-electron chi connectivity index (χ0n) is 17.7. The molecule has 2 aromatic rings. The maximum atomic E-state index is 13.4. The summed E-state index contributed by atoms with van der Waals surface area (Å²) in [5.41, 5.74) is 0.787. The molecule has 4 rings (SSSR count). The first-order valence-electron chi connectivity index (χ1n) is 10.7. The van der Waals surface area contributed by atoms with Crippen LogP contribution in [0.15, 0.2) is 53.4 Å². The van der Waals surface area contributed by atoms with E-state index in [2.05, 4.69) is 10.2 Å². The Hall–Kier alpha value is -2.29. The van der Waals surface area contributed by atoms with Crippen LogP contribution in [0.25, 0.3) is 0 Å². The van der Waals surface area contributed by atoms with E-state index in [1.165, 1.54) is 28.6 Å². The van der Waals surface area contributed by atoms with Gasteiger partial charge >= 0.3 is 0 Å². The molecule has 31 heavy (non-hydrogen) atoms. The van der Waals surface area contributed by atoms with Crippen LogP contribution in [0.4, 0.5) is 4.39 Å². The second-order valence-corrected chi connectivity index (χ2v) is 10.4. The molecule has 2 fully saturated rings. The highest BCUT2D eigenvalue weighted by atomic mass is 32.2. The Bertz CT molecular complexity index is 1020. The van der Waals surface area contributed by atoms with Gasteiger partial charge in [-0.1, -0.05) is 25.0 Å². The zero-order chi connectivity index (χ0) is 22.1. The van der Waals surface area contributed by atoms with E-state index in [0.29, 0.717) is 31.7 Å². The van der Waals surface area contributed by atoms with Crippen LogP contribution in [-0.2, 0) is 15.6 Å². The first-order valence-corrected chi connectivity index (χ1v) is 12.1. The van der Waals surface area contributed by atoms with Gasteiger partial charge in [0.15, 0.2) is 0 Å². The van der Waals surface area contributed by atoms with Gasteiger partial charge in [0, 0.05) is 31.7 Å². The molecule has 0 atom stereocenters. The summed E-state index contributed by atoms with van der Waals surface area (Å²) in [6.45, 7) is 2.32. The number of halogens is 1. The predicted octanol–water partition coefficient (Wildman–Crippen LogP) is 2.96. The minimum Gasteiger partial charge on any atom is -0.343 e. The number of hydrogen-bond donors (Lipinski definition) is 1. The highest BCUT2D eigenvalue weighted by Gasteiger charge is 2.37. The van der Waals surface area contributed by atoms with Gasteiger partial charge in [0.25, 0.3) is 5.91 Å². The van der Waals surface area contributed by atoms with Crippen molar-refractivity contribution in [3.8, 4) is 0 Å². The van der Waals surface area contributed by atoms with Crippen molar-refractivity contribution in [2.45, 2.75) is 36.1 Å². The van der Waals surface area contributed by atoms with Crippen molar-refractivity contribution in [1.82, 2.24) is 14.5 Å². The molecule has 8 heteroatoms. The monoisotopic (exact) mass is 445 g/mol. The van der Waals surface area contributed by atoms with Gasteiger partial charge in [0.2, 0.25) is 10.0 Å². The summed E-state index contributed by atoms with van der Waals surface area (Å²) >= 11 is 0. The van der Waals surface area contributed by atoms with Crippen LogP contribution in [0, 0.1) is 5.82 Å². The Labute approximate surface area is 183 Å². The predicted molar refractivity (Wildman–Crippen MR) is 117 cm³/mol. The number of carbonyl (C=O) groups excluding carboxylic acids is 1. The van der Waals surface area contributed by atoms with Gasteiger partial charge in [-0.05, 0) is 61.9 Å². The van der Waals surface area contributed by atoms with Crippen molar-refractivity contribution >= 4 is 15.9 Å². The minimum absolute atomic E-state index is 0.197. The molecule has 1 saturated carbocycles. The Morgan fingerprint density at radius 2 is 1.52 bits per heavy atom. The molecule has 1 amide bonds. The van der Waals surface area contributed by atoms with E-state index >= 15 is 0 Å². The molecule has 0 bridgehead atoms. The van der Waals surface area contributed by atoms with Gasteiger partial charge in [-0.2, -0.15) is 4.31 Å². The second kappa shape index (κ2) is 8.68. The fourth-order valence-corrected chi connectivity index (χ4v) is 5.90. The van der Waals surface area contributed by atoms with Crippen LogP contribution in [0.2, 0.25) is 0 Å². The summed E-state index contributed by atoms with van der Waals surface area (Å²) < 4.78 is 40.6. The van der Waals surface area contributed by atoms with Crippen molar-refractivity contribution in [3.63, 3.8) is 0 Å². The van der Waals surface area contributed by atoms with Crippen molar-refractivity contribution < 1.29 is 17.6 Å². The Kier molecular flexibility index (Phi) is 6.14. The van der Waals surface area contributed by atoms with Crippen molar-refractivity contribution in [2.24, 2.45) is 0 Å². The van der Waals surface area contributed by atoms with Crippen LogP contribution in [-0.4, -0.2) is 56.8 Å². The molecule has 2 aromatic carbocycles. The lowest BCUT2D eigenvalue weighted by Gasteiger charge is -2.32. The molecule has 6 nitrogen and oxygen atoms in total. The quantitative estimate of drug-likeness (QED) is 0.768. The molecule has 1 heterocycles. The summed E-state index contributed by atoms with van der Waals surface area (Å²) in [6.07, 6.45) is 3.56. The summed E-state index contributed by atoms with van der Waals surface area (Å²) in [4.78, 5) is 15.3. The van der Waals surface area contributed by atoms with Crippen LogP contribution >= 0.6 is 0 Å². The standard InChI is InChI=1S/C23H28FN3O3S/c1-26-14-16-27(17-15-26)31(29,30)21-10-4-18(5-11-21)22(28)25-23(12-2-3-13-23)19-6-8-20(24)9-7-19/h4-11H,2-3,12-17H2,1H3,(H,25,28). The van der Waals surface area contributed by atoms with Crippen LogP contribution in [0.5, 0.6) is 0 Å². The smallest absolute Gasteiger partial charge is 0.251 e. The lowest BCUT2D eigenvalue weighted by molar-refractivity contribution is 0.0898. The first-order chi connectivity index (χ1) is 14.8. The van der Waals surface area contributed by atoms with Crippen LogP contribution < -0.4 is 5.32 Å². The molecule has 1 N–H and O–H groups in total. The molecule has 166 valence electrons. The van der Waals surface area contributed by atoms with E-state index in [1.54, 1.807) is 24.3 Å². The van der Waals surface area contributed by atoms with Gasteiger partial charge in [-0.15, -0.1) is 0 Å². The number of piperazine rings is 1. The summed E-state index contributed by atoms with van der Waals surface area (Å²) in [6, 6.07) is 12.4. The Morgan fingerprint density at radius 3 is 2.10 bits per heavy atom.